The van der Waals surface area contributed by atoms with Crippen molar-refractivity contribution >= 4 is 6.09 Å². The van der Waals surface area contributed by atoms with Gasteiger partial charge in [-0.15, -0.1) is 0 Å². The standard InChI is InChI=1S/C13H23NO3/c15-10-11-6-8-14(9-7-11)13(16)17-12-4-2-1-3-5-12/h11-12,15H,1-10H2. The maximum Gasteiger partial charge on any atom is 0.410 e. The SMILES string of the molecule is O=C(OC1CCCCC1)N1CCC(CO)CC1. The van der Waals surface area contributed by atoms with Crippen molar-refractivity contribution in [2.45, 2.75) is 51.0 Å². The molecule has 0 unspecified atom stereocenters. The van der Waals surface area contributed by atoms with Gasteiger partial charge in [-0.2, -0.15) is 0 Å². The van der Waals surface area contributed by atoms with Crippen molar-refractivity contribution in [1.82, 2.24) is 4.90 Å². The number of carbonyl (C=O) groups is 1. The summed E-state index contributed by atoms with van der Waals surface area (Å²) in [6, 6.07) is 0. The molecule has 1 saturated heterocycles. The minimum atomic E-state index is -0.145. The van der Waals surface area contributed by atoms with Crippen LogP contribution in [0.4, 0.5) is 4.79 Å². The molecule has 1 N–H and O–H groups in total. The fourth-order valence-electron chi connectivity index (χ4n) is 2.70. The molecular formula is C13H23NO3. The van der Waals surface area contributed by atoms with Crippen LogP contribution >= 0.6 is 0 Å². The number of hydrogen-bond acceptors (Lipinski definition) is 3. The number of piperidine rings is 1. The maximum absolute atomic E-state index is 11.9. The van der Waals surface area contributed by atoms with Crippen LogP contribution in [0.3, 0.4) is 0 Å². The molecule has 1 saturated carbocycles. The maximum atomic E-state index is 11.9. The van der Waals surface area contributed by atoms with E-state index in [2.05, 4.69) is 0 Å². The van der Waals surface area contributed by atoms with E-state index >= 15 is 0 Å². The Morgan fingerprint density at radius 1 is 1.12 bits per heavy atom. The van der Waals surface area contributed by atoms with Gasteiger partial charge in [0.1, 0.15) is 6.10 Å². The van der Waals surface area contributed by atoms with Crippen molar-refractivity contribution in [1.29, 1.82) is 0 Å². The van der Waals surface area contributed by atoms with Gasteiger partial charge in [-0.3, -0.25) is 0 Å². The topological polar surface area (TPSA) is 49.8 Å². The van der Waals surface area contributed by atoms with Gasteiger partial charge in [-0.1, -0.05) is 6.42 Å². The minimum absolute atomic E-state index is 0.145. The molecule has 0 spiro atoms. The Hall–Kier alpha value is -0.770. The van der Waals surface area contributed by atoms with E-state index in [1.54, 1.807) is 4.90 Å². The first-order chi connectivity index (χ1) is 8.29. The molecule has 0 aromatic carbocycles. The molecule has 4 nitrogen and oxygen atoms in total. The molecule has 1 amide bonds. The number of hydrogen-bond donors (Lipinski definition) is 1. The lowest BCUT2D eigenvalue weighted by Gasteiger charge is -2.32. The van der Waals surface area contributed by atoms with Crippen molar-refractivity contribution in [3.63, 3.8) is 0 Å². The molecule has 0 aromatic rings. The Bertz CT molecular complexity index is 243. The summed E-state index contributed by atoms with van der Waals surface area (Å²) in [4.78, 5) is 13.7. The highest BCUT2D eigenvalue weighted by Crippen LogP contribution is 2.22. The van der Waals surface area contributed by atoms with Gasteiger partial charge in [0, 0.05) is 19.7 Å². The first-order valence-electron chi connectivity index (χ1n) is 6.86. The van der Waals surface area contributed by atoms with Gasteiger partial charge in [0.25, 0.3) is 0 Å². The number of nitrogens with zero attached hydrogens (tertiary/aromatic N) is 1. The van der Waals surface area contributed by atoms with Crippen molar-refractivity contribution < 1.29 is 14.6 Å². The molecule has 1 aliphatic carbocycles. The van der Waals surface area contributed by atoms with E-state index in [9.17, 15) is 4.79 Å². The van der Waals surface area contributed by atoms with E-state index in [0.29, 0.717) is 5.92 Å². The summed E-state index contributed by atoms with van der Waals surface area (Å²) >= 11 is 0. The average Bonchev–Trinajstić information content (AvgIpc) is 2.40. The van der Waals surface area contributed by atoms with Gasteiger partial charge in [-0.25, -0.2) is 4.79 Å². The van der Waals surface area contributed by atoms with Gasteiger partial charge in [0.2, 0.25) is 0 Å². The van der Waals surface area contributed by atoms with E-state index in [1.807, 2.05) is 0 Å². The molecule has 1 aliphatic heterocycles. The third kappa shape index (κ3) is 3.60. The van der Waals surface area contributed by atoms with Crippen LogP contribution in [0.25, 0.3) is 0 Å². The Morgan fingerprint density at radius 2 is 1.76 bits per heavy atom. The zero-order chi connectivity index (χ0) is 12.1. The molecule has 2 aliphatic rings. The van der Waals surface area contributed by atoms with Gasteiger partial charge in [0.15, 0.2) is 0 Å². The zero-order valence-corrected chi connectivity index (χ0v) is 10.4. The lowest BCUT2D eigenvalue weighted by atomic mass is 9.97. The molecule has 0 bridgehead atoms. The molecule has 2 rings (SSSR count). The van der Waals surface area contributed by atoms with Crippen molar-refractivity contribution in [3.05, 3.63) is 0 Å². The van der Waals surface area contributed by atoms with Gasteiger partial charge < -0.3 is 14.7 Å². The average molecular weight is 241 g/mol. The van der Waals surface area contributed by atoms with E-state index in [1.165, 1.54) is 19.3 Å². The third-order valence-corrected chi connectivity index (χ3v) is 3.95. The fourth-order valence-corrected chi connectivity index (χ4v) is 2.70. The minimum Gasteiger partial charge on any atom is -0.446 e. The van der Waals surface area contributed by atoms with Gasteiger partial charge in [-0.05, 0) is 44.4 Å². The summed E-state index contributed by atoms with van der Waals surface area (Å²) in [6.45, 7) is 1.71. The smallest absolute Gasteiger partial charge is 0.410 e. The summed E-state index contributed by atoms with van der Waals surface area (Å²) in [5.41, 5.74) is 0. The van der Waals surface area contributed by atoms with Crippen LogP contribution in [0.5, 0.6) is 0 Å². The largest absolute Gasteiger partial charge is 0.446 e. The number of ether oxygens (including phenoxy) is 1. The first kappa shape index (κ1) is 12.7. The van der Waals surface area contributed by atoms with Crippen LogP contribution in [-0.2, 0) is 4.74 Å². The van der Waals surface area contributed by atoms with Crippen LogP contribution < -0.4 is 0 Å². The molecular weight excluding hydrogens is 218 g/mol. The fraction of sp³-hybridized carbons (Fsp3) is 0.923. The predicted molar refractivity (Wildman–Crippen MR) is 64.7 cm³/mol. The number of rotatable bonds is 2. The van der Waals surface area contributed by atoms with Crippen molar-refractivity contribution in [2.24, 2.45) is 5.92 Å². The van der Waals surface area contributed by atoms with Crippen molar-refractivity contribution in [3.8, 4) is 0 Å². The second-order valence-electron chi connectivity index (χ2n) is 5.26. The second kappa shape index (κ2) is 6.24. The van der Waals surface area contributed by atoms with E-state index in [-0.39, 0.29) is 18.8 Å². The molecule has 4 heteroatoms. The lowest BCUT2D eigenvalue weighted by molar-refractivity contribution is 0.0345. The highest BCUT2D eigenvalue weighted by Gasteiger charge is 2.25. The summed E-state index contributed by atoms with van der Waals surface area (Å²) < 4.78 is 5.52. The lowest BCUT2D eigenvalue weighted by Crippen LogP contribution is -2.41. The molecule has 0 aromatic heterocycles. The Balaban J connectivity index is 1.72. The van der Waals surface area contributed by atoms with Crippen LogP contribution in [0, 0.1) is 5.92 Å². The van der Waals surface area contributed by atoms with Crippen LogP contribution in [0.2, 0.25) is 0 Å². The summed E-state index contributed by atoms with van der Waals surface area (Å²) in [7, 11) is 0. The zero-order valence-electron chi connectivity index (χ0n) is 10.4. The predicted octanol–water partition coefficient (Wildman–Crippen LogP) is 2.16. The summed E-state index contributed by atoms with van der Waals surface area (Å²) in [6.07, 6.45) is 7.50. The van der Waals surface area contributed by atoms with E-state index in [0.717, 1.165) is 38.8 Å². The Labute approximate surface area is 103 Å². The molecule has 0 radical (unpaired) electrons. The quantitative estimate of drug-likeness (QED) is 0.806. The van der Waals surface area contributed by atoms with E-state index in [4.69, 9.17) is 9.84 Å². The highest BCUT2D eigenvalue weighted by atomic mass is 16.6. The van der Waals surface area contributed by atoms with Crippen LogP contribution in [0.15, 0.2) is 0 Å². The van der Waals surface area contributed by atoms with E-state index < -0.39 is 0 Å². The second-order valence-corrected chi connectivity index (χ2v) is 5.26. The normalized spacial score (nSPS) is 23.7. The summed E-state index contributed by atoms with van der Waals surface area (Å²) in [5.74, 6) is 0.369. The van der Waals surface area contributed by atoms with Gasteiger partial charge in [0.05, 0.1) is 0 Å². The Kier molecular flexibility index (Phi) is 4.66. The van der Waals surface area contributed by atoms with Gasteiger partial charge >= 0.3 is 6.09 Å². The number of aliphatic hydroxyl groups excluding tert-OH is 1. The molecule has 17 heavy (non-hydrogen) atoms. The molecule has 0 atom stereocenters. The first-order valence-corrected chi connectivity index (χ1v) is 6.86. The summed E-state index contributed by atoms with van der Waals surface area (Å²) in [5, 5.41) is 9.04. The third-order valence-electron chi connectivity index (χ3n) is 3.95. The monoisotopic (exact) mass is 241 g/mol. The van der Waals surface area contributed by atoms with Crippen LogP contribution in [-0.4, -0.2) is 41.9 Å². The Morgan fingerprint density at radius 3 is 2.35 bits per heavy atom. The molecule has 1 heterocycles. The molecule has 98 valence electrons. The number of likely N-dealkylation sites (tertiary alicyclic amines) is 1. The number of carbonyl (C=O) groups excluding carboxylic acids is 1. The van der Waals surface area contributed by atoms with Crippen molar-refractivity contribution in [2.75, 3.05) is 19.7 Å². The van der Waals surface area contributed by atoms with Crippen LogP contribution in [0.1, 0.15) is 44.9 Å². The number of amides is 1. The number of aliphatic hydroxyl groups is 1. The molecule has 2 fully saturated rings. The highest BCUT2D eigenvalue weighted by molar-refractivity contribution is 5.67.